The molecule has 0 radical (unpaired) electrons. The van der Waals surface area contributed by atoms with Gasteiger partial charge in [-0.2, -0.15) is 5.10 Å². The van der Waals surface area contributed by atoms with Gasteiger partial charge in [0.2, 0.25) is 0 Å². The number of nitrogens with zero attached hydrogens (tertiary/aromatic N) is 2. The number of aryl methyl sites for hydroxylation is 1. The predicted molar refractivity (Wildman–Crippen MR) is 142 cm³/mol. The number of carbonyl (C=O) groups excluding carboxylic acids is 1. The van der Waals surface area contributed by atoms with Crippen molar-refractivity contribution in [3.8, 4) is 22.6 Å². The molecule has 37 heavy (non-hydrogen) atoms. The summed E-state index contributed by atoms with van der Waals surface area (Å²) in [5, 5.41) is 7.65. The molecule has 0 aliphatic rings. The summed E-state index contributed by atoms with van der Waals surface area (Å²) >= 11 is 0. The molecule has 7 heteroatoms. The van der Waals surface area contributed by atoms with Crippen molar-refractivity contribution in [3.05, 3.63) is 112 Å². The van der Waals surface area contributed by atoms with Crippen molar-refractivity contribution >= 4 is 16.9 Å². The highest BCUT2D eigenvalue weighted by Gasteiger charge is 2.20. The second kappa shape index (κ2) is 10.2. The van der Waals surface area contributed by atoms with Crippen molar-refractivity contribution in [1.29, 1.82) is 0 Å². The van der Waals surface area contributed by atoms with Gasteiger partial charge in [0.15, 0.2) is 11.0 Å². The Balaban J connectivity index is 1.33. The molecular weight excluding hydrogens is 469 g/mol. The average Bonchev–Trinajstić information content (AvgIpc) is 3.39. The van der Waals surface area contributed by atoms with Crippen LogP contribution in [0.15, 0.2) is 88.1 Å². The Kier molecular flexibility index (Phi) is 6.68. The lowest BCUT2D eigenvalue weighted by atomic mass is 10.0. The molecule has 1 N–H and O–H groups in total. The number of aromatic amines is 1. The maximum Gasteiger partial charge on any atom is 0.257 e. The SMILES string of the molecule is Cc1c(-c2ccccc2)oc2c(C(=O)N(C)CCCc3cc(-c4cccc(F)c4)n[nH]3)cccc2c1=O. The Morgan fingerprint density at radius 1 is 1.00 bits per heavy atom. The summed E-state index contributed by atoms with van der Waals surface area (Å²) in [6.45, 7) is 2.23. The van der Waals surface area contributed by atoms with Crippen molar-refractivity contribution < 1.29 is 13.6 Å². The normalized spacial score (nSPS) is 11.1. The second-order valence-electron chi connectivity index (χ2n) is 9.05. The fourth-order valence-corrected chi connectivity index (χ4v) is 4.44. The molecule has 0 fully saturated rings. The van der Waals surface area contributed by atoms with Gasteiger partial charge in [0.25, 0.3) is 5.91 Å². The van der Waals surface area contributed by atoms with E-state index in [9.17, 15) is 14.0 Å². The van der Waals surface area contributed by atoms with E-state index in [1.165, 1.54) is 12.1 Å². The lowest BCUT2D eigenvalue weighted by molar-refractivity contribution is 0.0794. The highest BCUT2D eigenvalue weighted by atomic mass is 19.1. The van der Waals surface area contributed by atoms with Gasteiger partial charge in [0, 0.05) is 36.0 Å². The zero-order chi connectivity index (χ0) is 25.9. The summed E-state index contributed by atoms with van der Waals surface area (Å²) in [6, 6.07) is 22.7. The van der Waals surface area contributed by atoms with Crippen molar-refractivity contribution in [2.24, 2.45) is 0 Å². The number of aromatic nitrogens is 2. The van der Waals surface area contributed by atoms with E-state index in [-0.39, 0.29) is 17.2 Å². The molecule has 5 aromatic rings. The highest BCUT2D eigenvalue weighted by molar-refractivity contribution is 6.05. The number of para-hydroxylation sites is 1. The lowest BCUT2D eigenvalue weighted by Gasteiger charge is -2.18. The summed E-state index contributed by atoms with van der Waals surface area (Å²) in [5.41, 5.74) is 4.07. The van der Waals surface area contributed by atoms with Crippen molar-refractivity contribution in [1.82, 2.24) is 15.1 Å². The quantitative estimate of drug-likeness (QED) is 0.300. The van der Waals surface area contributed by atoms with E-state index in [2.05, 4.69) is 10.2 Å². The molecule has 6 nitrogen and oxygen atoms in total. The Labute approximate surface area is 213 Å². The Hall–Kier alpha value is -4.52. The Morgan fingerprint density at radius 3 is 2.54 bits per heavy atom. The van der Waals surface area contributed by atoms with Crippen LogP contribution in [-0.2, 0) is 6.42 Å². The van der Waals surface area contributed by atoms with Crippen molar-refractivity contribution in [3.63, 3.8) is 0 Å². The van der Waals surface area contributed by atoms with Crippen LogP contribution in [0.2, 0.25) is 0 Å². The monoisotopic (exact) mass is 495 g/mol. The molecule has 1 amide bonds. The van der Waals surface area contributed by atoms with E-state index in [0.717, 1.165) is 11.3 Å². The molecule has 0 unspecified atom stereocenters. The molecule has 0 spiro atoms. The standard InChI is InChI=1S/C30H26FN3O3/c1-19-27(35)24-14-7-15-25(29(24)37-28(19)20-9-4-3-5-10-20)30(36)34(2)16-8-13-23-18-26(33-32-23)21-11-6-12-22(31)17-21/h3-7,9-12,14-15,17-18H,8,13,16H2,1-2H3,(H,32,33). The van der Waals surface area contributed by atoms with Gasteiger partial charge in [0.1, 0.15) is 11.6 Å². The van der Waals surface area contributed by atoms with Crippen LogP contribution in [0, 0.1) is 12.7 Å². The third kappa shape index (κ3) is 4.93. The molecule has 2 aromatic heterocycles. The fourth-order valence-electron chi connectivity index (χ4n) is 4.44. The van der Waals surface area contributed by atoms with Gasteiger partial charge in [-0.1, -0.05) is 48.5 Å². The topological polar surface area (TPSA) is 79.2 Å². The summed E-state index contributed by atoms with van der Waals surface area (Å²) in [6.07, 6.45) is 1.36. The third-order valence-electron chi connectivity index (χ3n) is 6.45. The Bertz CT molecular complexity index is 1640. The summed E-state index contributed by atoms with van der Waals surface area (Å²) in [5.74, 6) is -0.0615. The van der Waals surface area contributed by atoms with E-state index in [1.807, 2.05) is 42.5 Å². The van der Waals surface area contributed by atoms with Gasteiger partial charge in [-0.25, -0.2) is 4.39 Å². The minimum absolute atomic E-state index is 0.147. The zero-order valence-electron chi connectivity index (χ0n) is 20.6. The second-order valence-corrected chi connectivity index (χ2v) is 9.05. The molecule has 0 aliphatic heterocycles. The molecule has 0 atom stereocenters. The minimum Gasteiger partial charge on any atom is -0.455 e. The number of benzene rings is 3. The first-order valence-corrected chi connectivity index (χ1v) is 12.1. The number of fused-ring (bicyclic) bond motifs is 1. The molecule has 3 aromatic carbocycles. The van der Waals surface area contributed by atoms with E-state index < -0.39 is 0 Å². The van der Waals surface area contributed by atoms with Crippen LogP contribution in [0.4, 0.5) is 4.39 Å². The maximum atomic E-state index is 13.5. The number of hydrogen-bond donors (Lipinski definition) is 1. The number of hydrogen-bond acceptors (Lipinski definition) is 4. The molecule has 0 aliphatic carbocycles. The van der Waals surface area contributed by atoms with Crippen LogP contribution >= 0.6 is 0 Å². The molecule has 0 saturated heterocycles. The summed E-state index contributed by atoms with van der Waals surface area (Å²) in [4.78, 5) is 28.1. The van der Waals surface area contributed by atoms with Gasteiger partial charge >= 0.3 is 0 Å². The average molecular weight is 496 g/mol. The first-order chi connectivity index (χ1) is 17.9. The first-order valence-electron chi connectivity index (χ1n) is 12.1. The molecule has 2 heterocycles. The van der Waals surface area contributed by atoms with E-state index in [1.54, 1.807) is 43.1 Å². The third-order valence-corrected chi connectivity index (χ3v) is 6.45. The van der Waals surface area contributed by atoms with Gasteiger partial charge in [0.05, 0.1) is 16.6 Å². The number of carbonyl (C=O) groups is 1. The fraction of sp³-hybridized carbons (Fsp3) is 0.167. The lowest BCUT2D eigenvalue weighted by Crippen LogP contribution is -2.28. The zero-order valence-corrected chi connectivity index (χ0v) is 20.6. The summed E-state index contributed by atoms with van der Waals surface area (Å²) < 4.78 is 19.7. The van der Waals surface area contributed by atoms with E-state index >= 15 is 0 Å². The minimum atomic E-state index is -0.308. The maximum absolute atomic E-state index is 13.5. The van der Waals surface area contributed by atoms with Crippen LogP contribution in [0.5, 0.6) is 0 Å². The van der Waals surface area contributed by atoms with Gasteiger partial charge < -0.3 is 9.32 Å². The van der Waals surface area contributed by atoms with Gasteiger partial charge in [-0.05, 0) is 50.1 Å². The molecule has 0 saturated carbocycles. The van der Waals surface area contributed by atoms with Crippen molar-refractivity contribution in [2.75, 3.05) is 13.6 Å². The molecule has 5 rings (SSSR count). The number of rotatable bonds is 7. The van der Waals surface area contributed by atoms with Crippen LogP contribution < -0.4 is 5.43 Å². The molecule has 0 bridgehead atoms. The van der Waals surface area contributed by atoms with E-state index in [4.69, 9.17) is 4.42 Å². The first kappa shape index (κ1) is 24.2. The largest absolute Gasteiger partial charge is 0.455 e. The number of halogens is 1. The van der Waals surface area contributed by atoms with Crippen LogP contribution in [-0.4, -0.2) is 34.6 Å². The molecular formula is C30H26FN3O3. The number of amides is 1. The van der Waals surface area contributed by atoms with Crippen LogP contribution in [0.25, 0.3) is 33.6 Å². The van der Waals surface area contributed by atoms with Gasteiger partial charge in [-0.15, -0.1) is 0 Å². The summed E-state index contributed by atoms with van der Waals surface area (Å²) in [7, 11) is 1.73. The number of nitrogens with one attached hydrogen (secondary N) is 1. The number of H-pyrrole nitrogens is 1. The van der Waals surface area contributed by atoms with Crippen molar-refractivity contribution in [2.45, 2.75) is 19.8 Å². The van der Waals surface area contributed by atoms with Crippen LogP contribution in [0.3, 0.4) is 0 Å². The molecule has 186 valence electrons. The van der Waals surface area contributed by atoms with Crippen LogP contribution in [0.1, 0.15) is 28.0 Å². The Morgan fingerprint density at radius 2 is 1.76 bits per heavy atom. The smallest absolute Gasteiger partial charge is 0.257 e. The highest BCUT2D eigenvalue weighted by Crippen LogP contribution is 2.28. The van der Waals surface area contributed by atoms with E-state index in [0.29, 0.717) is 58.5 Å². The predicted octanol–water partition coefficient (Wildman–Crippen LogP) is 6.00. The van der Waals surface area contributed by atoms with Gasteiger partial charge in [-0.3, -0.25) is 14.7 Å².